The maximum Gasteiger partial charge on any atom is 0.188 e. The van der Waals surface area contributed by atoms with Crippen LogP contribution in [0.25, 0.3) is 0 Å². The molecule has 0 unspecified atom stereocenters. The van der Waals surface area contributed by atoms with Crippen LogP contribution in [0.15, 0.2) is 24.3 Å². The van der Waals surface area contributed by atoms with Gasteiger partial charge in [-0.15, -0.1) is 0 Å². The Bertz CT molecular complexity index is 339. The van der Waals surface area contributed by atoms with E-state index in [0.29, 0.717) is 25.4 Å². The van der Waals surface area contributed by atoms with E-state index in [4.69, 9.17) is 9.47 Å². The molecule has 0 amide bonds. The molecule has 0 saturated carbocycles. The molecule has 0 aliphatic heterocycles. The van der Waals surface area contributed by atoms with E-state index in [0.717, 1.165) is 0 Å². The van der Waals surface area contributed by atoms with Crippen LogP contribution >= 0.6 is 0 Å². The van der Waals surface area contributed by atoms with E-state index < -0.39 is 5.82 Å². The maximum absolute atomic E-state index is 12.8. The van der Waals surface area contributed by atoms with Crippen molar-refractivity contribution in [1.82, 2.24) is 0 Å². The SMILES string of the molecule is CCOCCOCC(=O)c1cccc(F)c1. The lowest BCUT2D eigenvalue weighted by Gasteiger charge is -2.04. The van der Waals surface area contributed by atoms with Gasteiger partial charge >= 0.3 is 0 Å². The molecule has 0 saturated heterocycles. The number of hydrogen-bond donors (Lipinski definition) is 0. The van der Waals surface area contributed by atoms with Crippen molar-refractivity contribution in [3.05, 3.63) is 35.6 Å². The van der Waals surface area contributed by atoms with Crippen LogP contribution in [0.4, 0.5) is 4.39 Å². The summed E-state index contributed by atoms with van der Waals surface area (Å²) < 4.78 is 22.9. The second kappa shape index (κ2) is 7.09. The highest BCUT2D eigenvalue weighted by atomic mass is 19.1. The van der Waals surface area contributed by atoms with Crippen molar-refractivity contribution >= 4 is 5.78 Å². The van der Waals surface area contributed by atoms with Gasteiger partial charge in [0.2, 0.25) is 0 Å². The predicted octanol–water partition coefficient (Wildman–Crippen LogP) is 2.06. The second-order valence-corrected chi connectivity index (χ2v) is 3.18. The first-order valence-corrected chi connectivity index (χ1v) is 5.18. The van der Waals surface area contributed by atoms with Crippen molar-refractivity contribution in [3.63, 3.8) is 0 Å². The summed E-state index contributed by atoms with van der Waals surface area (Å²) in [5.41, 5.74) is 0.330. The zero-order valence-electron chi connectivity index (χ0n) is 9.24. The maximum atomic E-state index is 12.8. The van der Waals surface area contributed by atoms with Gasteiger partial charge in [0, 0.05) is 12.2 Å². The molecule has 1 rings (SSSR count). The number of Topliss-reactive ketones (excluding diaryl/α,β-unsaturated/α-hetero) is 1. The highest BCUT2D eigenvalue weighted by molar-refractivity contribution is 5.97. The van der Waals surface area contributed by atoms with Crippen molar-refractivity contribution in [2.75, 3.05) is 26.4 Å². The summed E-state index contributed by atoms with van der Waals surface area (Å²) >= 11 is 0. The Labute approximate surface area is 94.2 Å². The molecule has 0 aliphatic carbocycles. The molecule has 16 heavy (non-hydrogen) atoms. The average Bonchev–Trinajstić information content (AvgIpc) is 2.28. The number of carbonyl (C=O) groups excluding carboxylic acids is 1. The van der Waals surface area contributed by atoms with Crippen molar-refractivity contribution in [2.24, 2.45) is 0 Å². The third kappa shape index (κ3) is 4.51. The van der Waals surface area contributed by atoms with E-state index in [1.165, 1.54) is 18.2 Å². The van der Waals surface area contributed by atoms with Crippen molar-refractivity contribution in [1.29, 1.82) is 0 Å². The molecular formula is C12H15FO3. The summed E-state index contributed by atoms with van der Waals surface area (Å²) in [5.74, 6) is -0.642. The third-order valence-electron chi connectivity index (χ3n) is 1.96. The van der Waals surface area contributed by atoms with Crippen molar-refractivity contribution < 1.29 is 18.7 Å². The van der Waals surface area contributed by atoms with Gasteiger partial charge in [-0.2, -0.15) is 0 Å². The average molecular weight is 226 g/mol. The van der Waals surface area contributed by atoms with Gasteiger partial charge in [0.25, 0.3) is 0 Å². The Morgan fingerprint density at radius 1 is 1.31 bits per heavy atom. The standard InChI is InChI=1S/C12H15FO3/c1-2-15-6-7-16-9-12(14)10-4-3-5-11(13)8-10/h3-5,8H,2,6-7,9H2,1H3. The quantitative estimate of drug-likeness (QED) is 0.527. The van der Waals surface area contributed by atoms with Gasteiger partial charge in [0.15, 0.2) is 5.78 Å². The van der Waals surface area contributed by atoms with Crippen LogP contribution in [0.2, 0.25) is 0 Å². The minimum absolute atomic E-state index is 0.0451. The summed E-state index contributed by atoms with van der Waals surface area (Å²) in [6.45, 7) is 3.30. The number of ether oxygens (including phenoxy) is 2. The number of hydrogen-bond acceptors (Lipinski definition) is 3. The summed E-state index contributed by atoms with van der Waals surface area (Å²) in [6, 6.07) is 5.57. The molecule has 4 heteroatoms. The van der Waals surface area contributed by atoms with Gasteiger partial charge in [0.05, 0.1) is 13.2 Å². The highest BCUT2D eigenvalue weighted by Crippen LogP contribution is 2.04. The molecule has 0 bridgehead atoms. The van der Waals surface area contributed by atoms with Gasteiger partial charge in [-0.25, -0.2) is 4.39 Å². The molecular weight excluding hydrogens is 211 g/mol. The van der Waals surface area contributed by atoms with E-state index in [2.05, 4.69) is 0 Å². The molecule has 0 spiro atoms. The first kappa shape index (κ1) is 12.8. The lowest BCUT2D eigenvalue weighted by molar-refractivity contribution is 0.0475. The number of halogens is 1. The Morgan fingerprint density at radius 2 is 2.06 bits per heavy atom. The van der Waals surface area contributed by atoms with E-state index in [1.807, 2.05) is 6.92 Å². The van der Waals surface area contributed by atoms with E-state index in [9.17, 15) is 9.18 Å². The summed E-state index contributed by atoms with van der Waals surface area (Å²) in [4.78, 5) is 11.5. The van der Waals surface area contributed by atoms with Crippen molar-refractivity contribution in [3.8, 4) is 0 Å². The number of rotatable bonds is 7. The molecule has 0 aliphatic rings. The monoisotopic (exact) mass is 226 g/mol. The van der Waals surface area contributed by atoms with Gasteiger partial charge in [-0.1, -0.05) is 12.1 Å². The third-order valence-corrected chi connectivity index (χ3v) is 1.96. The van der Waals surface area contributed by atoms with Crippen LogP contribution in [-0.4, -0.2) is 32.2 Å². The van der Waals surface area contributed by atoms with Crippen LogP contribution in [0, 0.1) is 5.82 Å². The van der Waals surface area contributed by atoms with E-state index in [-0.39, 0.29) is 12.4 Å². The second-order valence-electron chi connectivity index (χ2n) is 3.18. The van der Waals surface area contributed by atoms with Crippen LogP contribution < -0.4 is 0 Å². The first-order chi connectivity index (χ1) is 7.74. The lowest BCUT2D eigenvalue weighted by atomic mass is 10.1. The summed E-state index contributed by atoms with van der Waals surface area (Å²) in [7, 11) is 0. The zero-order valence-corrected chi connectivity index (χ0v) is 9.24. The molecule has 1 aromatic carbocycles. The lowest BCUT2D eigenvalue weighted by Crippen LogP contribution is -2.12. The number of carbonyl (C=O) groups is 1. The normalized spacial score (nSPS) is 10.4. The Hall–Kier alpha value is -1.26. The molecule has 0 N–H and O–H groups in total. The van der Waals surface area contributed by atoms with Crippen LogP contribution in [-0.2, 0) is 9.47 Å². The molecule has 0 atom stereocenters. The summed E-state index contributed by atoms with van der Waals surface area (Å²) in [5, 5.41) is 0. The first-order valence-electron chi connectivity index (χ1n) is 5.18. The molecule has 3 nitrogen and oxygen atoms in total. The molecule has 88 valence electrons. The fourth-order valence-electron chi connectivity index (χ4n) is 1.17. The minimum Gasteiger partial charge on any atom is -0.379 e. The minimum atomic E-state index is -0.417. The van der Waals surface area contributed by atoms with Gasteiger partial charge in [-0.3, -0.25) is 4.79 Å². The molecule has 0 radical (unpaired) electrons. The Morgan fingerprint density at radius 3 is 2.75 bits per heavy atom. The van der Waals surface area contributed by atoms with Gasteiger partial charge in [0.1, 0.15) is 12.4 Å². The molecule has 0 heterocycles. The fourth-order valence-corrected chi connectivity index (χ4v) is 1.17. The predicted molar refractivity (Wildman–Crippen MR) is 58.0 cm³/mol. The van der Waals surface area contributed by atoms with Crippen LogP contribution in [0.1, 0.15) is 17.3 Å². The topological polar surface area (TPSA) is 35.5 Å². The summed E-state index contributed by atoms with van der Waals surface area (Å²) in [6.07, 6.45) is 0. The van der Waals surface area contributed by atoms with Crippen LogP contribution in [0.3, 0.4) is 0 Å². The smallest absolute Gasteiger partial charge is 0.188 e. The Kier molecular flexibility index (Phi) is 5.67. The van der Waals surface area contributed by atoms with Crippen LogP contribution in [0.5, 0.6) is 0 Å². The van der Waals surface area contributed by atoms with E-state index in [1.54, 1.807) is 6.07 Å². The number of benzene rings is 1. The fraction of sp³-hybridized carbons (Fsp3) is 0.417. The zero-order chi connectivity index (χ0) is 11.8. The molecule has 0 aromatic heterocycles. The molecule has 0 fully saturated rings. The van der Waals surface area contributed by atoms with Crippen molar-refractivity contribution in [2.45, 2.75) is 6.92 Å². The molecule has 1 aromatic rings. The largest absolute Gasteiger partial charge is 0.379 e. The van der Waals surface area contributed by atoms with Gasteiger partial charge < -0.3 is 9.47 Å². The van der Waals surface area contributed by atoms with E-state index >= 15 is 0 Å². The highest BCUT2D eigenvalue weighted by Gasteiger charge is 2.06. The Balaban J connectivity index is 2.30. The van der Waals surface area contributed by atoms with Gasteiger partial charge in [-0.05, 0) is 19.1 Å². The number of ketones is 1.